The summed E-state index contributed by atoms with van der Waals surface area (Å²) in [5, 5.41) is 3.25. The number of halogens is 1. The summed E-state index contributed by atoms with van der Waals surface area (Å²) < 4.78 is 0. The van der Waals surface area contributed by atoms with Gasteiger partial charge in [-0.15, -0.1) is 12.4 Å². The van der Waals surface area contributed by atoms with Crippen LogP contribution in [0.2, 0.25) is 0 Å². The van der Waals surface area contributed by atoms with Crippen molar-refractivity contribution in [1.82, 2.24) is 5.32 Å². The van der Waals surface area contributed by atoms with Crippen LogP contribution in [0.25, 0.3) is 0 Å². The molecule has 118 valence electrons. The zero-order valence-electron chi connectivity index (χ0n) is 12.8. The minimum Gasteiger partial charge on any atom is -0.399 e. The van der Waals surface area contributed by atoms with Crippen LogP contribution in [0.1, 0.15) is 51.0 Å². The Morgan fingerprint density at radius 1 is 1.33 bits per heavy atom. The molecule has 1 aromatic carbocycles. The lowest BCUT2D eigenvalue weighted by Crippen LogP contribution is -2.43. The largest absolute Gasteiger partial charge is 0.399 e. The number of hydrogen-bond donors (Lipinski definition) is 2. The van der Waals surface area contributed by atoms with E-state index >= 15 is 0 Å². The van der Waals surface area contributed by atoms with E-state index in [2.05, 4.69) is 12.2 Å². The highest BCUT2D eigenvalue weighted by atomic mass is 35.5. The number of nitrogens with two attached hydrogens (primary N) is 1. The molecule has 1 aliphatic rings. The van der Waals surface area contributed by atoms with Crippen LogP contribution in [-0.2, 0) is 11.2 Å². The van der Waals surface area contributed by atoms with Crippen LogP contribution in [0.4, 0.5) is 5.69 Å². The van der Waals surface area contributed by atoms with Crippen molar-refractivity contribution in [3.63, 3.8) is 0 Å². The van der Waals surface area contributed by atoms with Gasteiger partial charge in [0.05, 0.1) is 6.42 Å². The van der Waals surface area contributed by atoms with Crippen molar-refractivity contribution >= 4 is 24.0 Å². The molecule has 1 saturated carbocycles. The quantitative estimate of drug-likeness (QED) is 0.754. The van der Waals surface area contributed by atoms with Gasteiger partial charge in [-0.3, -0.25) is 4.79 Å². The highest BCUT2D eigenvalue weighted by Gasteiger charge is 2.27. The minimum atomic E-state index is 0. The van der Waals surface area contributed by atoms with Crippen molar-refractivity contribution in [2.75, 3.05) is 5.73 Å². The number of carbonyl (C=O) groups is 1. The highest BCUT2D eigenvalue weighted by molar-refractivity contribution is 5.85. The fourth-order valence-corrected chi connectivity index (χ4v) is 2.77. The summed E-state index contributed by atoms with van der Waals surface area (Å²) in [6.07, 6.45) is 7.83. The summed E-state index contributed by atoms with van der Waals surface area (Å²) in [5.74, 6) is 0.847. The normalized spacial score (nSPS) is 15.7. The maximum atomic E-state index is 12.2. The molecule has 0 heterocycles. The molecule has 0 spiro atoms. The number of nitrogen functional groups attached to an aromatic ring is 1. The van der Waals surface area contributed by atoms with E-state index in [1.807, 2.05) is 24.3 Å². The first-order valence-corrected chi connectivity index (χ1v) is 7.83. The lowest BCUT2D eigenvalue weighted by molar-refractivity contribution is -0.121. The third kappa shape index (κ3) is 5.58. The van der Waals surface area contributed by atoms with Crippen LogP contribution < -0.4 is 11.1 Å². The Kier molecular flexibility index (Phi) is 7.58. The van der Waals surface area contributed by atoms with Crippen molar-refractivity contribution in [1.29, 1.82) is 0 Å². The van der Waals surface area contributed by atoms with Gasteiger partial charge in [-0.2, -0.15) is 0 Å². The Labute approximate surface area is 134 Å². The molecule has 1 unspecified atom stereocenters. The van der Waals surface area contributed by atoms with E-state index in [9.17, 15) is 4.79 Å². The van der Waals surface area contributed by atoms with Gasteiger partial charge in [0, 0.05) is 11.7 Å². The number of hydrogen-bond acceptors (Lipinski definition) is 2. The third-order valence-corrected chi connectivity index (χ3v) is 4.28. The molecule has 0 bridgehead atoms. The summed E-state index contributed by atoms with van der Waals surface area (Å²) >= 11 is 0. The molecule has 21 heavy (non-hydrogen) atoms. The van der Waals surface area contributed by atoms with Gasteiger partial charge in [0.25, 0.3) is 0 Å². The van der Waals surface area contributed by atoms with E-state index in [1.165, 1.54) is 32.1 Å². The van der Waals surface area contributed by atoms with E-state index in [4.69, 9.17) is 5.73 Å². The van der Waals surface area contributed by atoms with Crippen molar-refractivity contribution in [3.05, 3.63) is 29.8 Å². The van der Waals surface area contributed by atoms with Crippen LogP contribution >= 0.6 is 12.4 Å². The van der Waals surface area contributed by atoms with Gasteiger partial charge >= 0.3 is 0 Å². The first-order chi connectivity index (χ1) is 9.69. The maximum Gasteiger partial charge on any atom is 0.224 e. The number of rotatable bonds is 7. The average molecular weight is 311 g/mol. The molecular formula is C17H27ClN2O. The molecule has 3 N–H and O–H groups in total. The highest BCUT2D eigenvalue weighted by Crippen LogP contribution is 2.31. The Morgan fingerprint density at radius 2 is 2.00 bits per heavy atom. The summed E-state index contributed by atoms with van der Waals surface area (Å²) in [7, 11) is 0. The fraction of sp³-hybridized carbons (Fsp3) is 0.588. The number of carbonyl (C=O) groups excluding carboxylic acids is 1. The van der Waals surface area contributed by atoms with Crippen LogP contribution in [0, 0.1) is 5.92 Å². The van der Waals surface area contributed by atoms with Gasteiger partial charge in [-0.05, 0) is 42.9 Å². The van der Waals surface area contributed by atoms with E-state index in [0.29, 0.717) is 18.4 Å². The van der Waals surface area contributed by atoms with Gasteiger partial charge in [-0.1, -0.05) is 38.3 Å². The van der Waals surface area contributed by atoms with Crippen molar-refractivity contribution in [2.24, 2.45) is 5.92 Å². The predicted octanol–water partition coefficient (Wildman–Crippen LogP) is 3.71. The first-order valence-electron chi connectivity index (χ1n) is 7.83. The fourth-order valence-electron chi connectivity index (χ4n) is 2.77. The Balaban J connectivity index is 0.00000220. The van der Waals surface area contributed by atoms with E-state index < -0.39 is 0 Å². The molecular weight excluding hydrogens is 284 g/mol. The second kappa shape index (κ2) is 8.93. The number of amides is 1. The summed E-state index contributed by atoms with van der Waals surface area (Å²) in [6, 6.07) is 7.94. The average Bonchev–Trinajstić information content (AvgIpc) is 2.36. The standard InChI is InChI=1S/C17H26N2O.ClH/c1-2-3-7-16(14-5-4-6-14)19-17(20)12-13-8-10-15(18)11-9-13;/h8-11,14,16H,2-7,12,18H2,1H3,(H,19,20);1H. The molecule has 4 heteroatoms. The van der Waals surface area contributed by atoms with Crippen LogP contribution in [0.5, 0.6) is 0 Å². The van der Waals surface area contributed by atoms with E-state index in [-0.39, 0.29) is 18.3 Å². The van der Waals surface area contributed by atoms with Crippen molar-refractivity contribution in [2.45, 2.75) is 57.9 Å². The Bertz CT molecular complexity index is 429. The molecule has 1 fully saturated rings. The Morgan fingerprint density at radius 3 is 2.52 bits per heavy atom. The van der Waals surface area contributed by atoms with Gasteiger partial charge < -0.3 is 11.1 Å². The van der Waals surface area contributed by atoms with Crippen LogP contribution in [0.3, 0.4) is 0 Å². The zero-order chi connectivity index (χ0) is 14.4. The summed E-state index contributed by atoms with van der Waals surface area (Å²) in [6.45, 7) is 2.20. The number of unbranched alkanes of at least 4 members (excludes halogenated alkanes) is 1. The molecule has 3 nitrogen and oxygen atoms in total. The number of benzene rings is 1. The molecule has 1 aliphatic carbocycles. The number of anilines is 1. The maximum absolute atomic E-state index is 12.2. The van der Waals surface area contributed by atoms with Gasteiger partial charge in [0.2, 0.25) is 5.91 Å². The van der Waals surface area contributed by atoms with Gasteiger partial charge in [0.15, 0.2) is 0 Å². The molecule has 1 amide bonds. The third-order valence-electron chi connectivity index (χ3n) is 4.28. The van der Waals surface area contributed by atoms with Gasteiger partial charge in [-0.25, -0.2) is 0 Å². The predicted molar refractivity (Wildman–Crippen MR) is 90.6 cm³/mol. The lowest BCUT2D eigenvalue weighted by atomic mass is 9.78. The van der Waals surface area contributed by atoms with Crippen molar-refractivity contribution in [3.8, 4) is 0 Å². The molecule has 0 radical (unpaired) electrons. The monoisotopic (exact) mass is 310 g/mol. The molecule has 0 aromatic heterocycles. The summed E-state index contributed by atoms with van der Waals surface area (Å²) in [4.78, 5) is 12.2. The lowest BCUT2D eigenvalue weighted by Gasteiger charge is -2.34. The topological polar surface area (TPSA) is 55.1 Å². The molecule has 2 rings (SSSR count). The molecule has 1 atom stereocenters. The van der Waals surface area contributed by atoms with Gasteiger partial charge in [0.1, 0.15) is 0 Å². The van der Waals surface area contributed by atoms with Crippen LogP contribution in [-0.4, -0.2) is 11.9 Å². The summed E-state index contributed by atoms with van der Waals surface area (Å²) in [5.41, 5.74) is 7.43. The zero-order valence-corrected chi connectivity index (χ0v) is 13.6. The van der Waals surface area contributed by atoms with E-state index in [0.717, 1.165) is 17.7 Å². The smallest absolute Gasteiger partial charge is 0.224 e. The minimum absolute atomic E-state index is 0. The van der Waals surface area contributed by atoms with Crippen molar-refractivity contribution < 1.29 is 4.79 Å². The number of nitrogens with one attached hydrogen (secondary N) is 1. The molecule has 1 aromatic rings. The second-order valence-electron chi connectivity index (χ2n) is 5.93. The second-order valence-corrected chi connectivity index (χ2v) is 5.93. The Hall–Kier alpha value is -1.22. The van der Waals surface area contributed by atoms with E-state index in [1.54, 1.807) is 0 Å². The SMILES string of the molecule is CCCCC(NC(=O)Cc1ccc(N)cc1)C1CCC1.Cl. The molecule has 0 aliphatic heterocycles. The molecule has 0 saturated heterocycles. The first kappa shape index (κ1) is 17.8. The van der Waals surface area contributed by atoms with Crippen LogP contribution in [0.15, 0.2) is 24.3 Å².